The molecule has 2 atom stereocenters. The van der Waals surface area contributed by atoms with E-state index >= 15 is 0 Å². The Morgan fingerprint density at radius 1 is 0.521 bits per heavy atom. The van der Waals surface area contributed by atoms with Crippen LogP contribution in [0.1, 0.15) is 35.8 Å². The van der Waals surface area contributed by atoms with Gasteiger partial charge in [0.15, 0.2) is 19.7 Å². The van der Waals surface area contributed by atoms with Gasteiger partial charge in [0.05, 0.1) is 21.2 Å². The Morgan fingerprint density at radius 3 is 1.21 bits per heavy atom. The standard InChI is InChI=1S/2C18H17NO3S2/c2*1-13(17-6-4-12-23-17)22-18-7-3-5-16(19-18)14-8-10-15(11-9-14)24(2,20)21/h2*3-13H,1-2H3/t2*13-/m10/s1. The first kappa shape index (κ1) is 35.0. The molecule has 6 aromatic rings. The third-order valence-corrected chi connectivity index (χ3v) is 11.4. The first-order valence-corrected chi connectivity index (χ1v) is 20.4. The SMILES string of the molecule is C[C@@H](Oc1cccc(-c2ccc(S(C)(=O)=O)cc2)n1)c1cccs1.C[C@H](Oc1cccc(-c2ccc(S(C)(=O)=O)cc2)n1)c1cccs1. The lowest BCUT2D eigenvalue weighted by atomic mass is 10.1. The molecule has 4 heterocycles. The van der Waals surface area contributed by atoms with Gasteiger partial charge in [0.1, 0.15) is 12.2 Å². The topological polar surface area (TPSA) is 113 Å². The summed E-state index contributed by atoms with van der Waals surface area (Å²) in [6.07, 6.45) is 2.25. The maximum Gasteiger partial charge on any atom is 0.214 e. The minimum absolute atomic E-state index is 0.0691. The fourth-order valence-corrected chi connectivity index (χ4v) is 7.24. The van der Waals surface area contributed by atoms with Gasteiger partial charge in [-0.2, -0.15) is 0 Å². The van der Waals surface area contributed by atoms with E-state index in [1.54, 1.807) is 71.2 Å². The lowest BCUT2D eigenvalue weighted by Crippen LogP contribution is -2.02. The molecule has 0 fully saturated rings. The van der Waals surface area contributed by atoms with Crippen LogP contribution in [0.2, 0.25) is 0 Å². The summed E-state index contributed by atoms with van der Waals surface area (Å²) < 4.78 is 57.9. The number of benzene rings is 2. The number of ether oxygens (including phenoxy) is 2. The Kier molecular flexibility index (Phi) is 11.1. The second-order valence-corrected chi connectivity index (χ2v) is 16.9. The first-order valence-electron chi connectivity index (χ1n) is 14.8. The lowest BCUT2D eigenvalue weighted by molar-refractivity contribution is 0.221. The van der Waals surface area contributed by atoms with E-state index in [4.69, 9.17) is 9.47 Å². The molecule has 0 amide bonds. The highest BCUT2D eigenvalue weighted by Gasteiger charge is 2.13. The van der Waals surface area contributed by atoms with Crippen molar-refractivity contribution in [2.75, 3.05) is 12.5 Å². The van der Waals surface area contributed by atoms with E-state index in [1.807, 2.05) is 85.3 Å². The van der Waals surface area contributed by atoms with Gasteiger partial charge in [-0.3, -0.25) is 0 Å². The summed E-state index contributed by atoms with van der Waals surface area (Å²) >= 11 is 3.29. The largest absolute Gasteiger partial charge is 0.469 e. The molecule has 0 spiro atoms. The Bertz CT molecular complexity index is 1990. The average molecular weight is 719 g/mol. The van der Waals surface area contributed by atoms with Gasteiger partial charge < -0.3 is 9.47 Å². The lowest BCUT2D eigenvalue weighted by Gasteiger charge is -2.13. The molecule has 4 aromatic heterocycles. The normalized spacial score (nSPS) is 12.8. The number of hydrogen-bond acceptors (Lipinski definition) is 10. The van der Waals surface area contributed by atoms with E-state index in [0.717, 1.165) is 32.3 Å². The monoisotopic (exact) mass is 718 g/mol. The van der Waals surface area contributed by atoms with Crippen molar-refractivity contribution in [1.29, 1.82) is 0 Å². The quantitative estimate of drug-likeness (QED) is 0.138. The smallest absolute Gasteiger partial charge is 0.214 e. The van der Waals surface area contributed by atoms with Gasteiger partial charge in [-0.25, -0.2) is 26.8 Å². The molecule has 0 N–H and O–H groups in total. The zero-order chi connectivity index (χ0) is 34.3. The number of aromatic nitrogens is 2. The minimum atomic E-state index is -3.19. The van der Waals surface area contributed by atoms with Crippen LogP contribution in [0.15, 0.2) is 130 Å². The number of sulfone groups is 2. The summed E-state index contributed by atoms with van der Waals surface area (Å²) in [5.74, 6) is 1.08. The van der Waals surface area contributed by atoms with Crippen LogP contribution in [0.5, 0.6) is 11.8 Å². The first-order chi connectivity index (χ1) is 22.9. The maximum absolute atomic E-state index is 11.5. The maximum atomic E-state index is 11.5. The highest BCUT2D eigenvalue weighted by molar-refractivity contribution is 7.91. The van der Waals surface area contributed by atoms with Gasteiger partial charge in [0.25, 0.3) is 0 Å². The third kappa shape index (κ3) is 9.38. The van der Waals surface area contributed by atoms with Gasteiger partial charge in [0, 0.05) is 45.5 Å². The summed E-state index contributed by atoms with van der Waals surface area (Å²) in [5.41, 5.74) is 3.17. The van der Waals surface area contributed by atoms with E-state index in [2.05, 4.69) is 9.97 Å². The van der Waals surface area contributed by atoms with Crippen molar-refractivity contribution in [3.63, 3.8) is 0 Å². The van der Waals surface area contributed by atoms with Crippen LogP contribution in [-0.4, -0.2) is 39.3 Å². The predicted molar refractivity (Wildman–Crippen MR) is 192 cm³/mol. The van der Waals surface area contributed by atoms with Gasteiger partial charge in [0.2, 0.25) is 11.8 Å². The Labute approximate surface area is 289 Å². The van der Waals surface area contributed by atoms with Crippen LogP contribution in [0.25, 0.3) is 22.5 Å². The van der Waals surface area contributed by atoms with Gasteiger partial charge >= 0.3 is 0 Å². The predicted octanol–water partition coefficient (Wildman–Crippen LogP) is 8.71. The molecule has 8 nitrogen and oxygen atoms in total. The number of pyridine rings is 2. The Morgan fingerprint density at radius 2 is 0.896 bits per heavy atom. The number of thiophene rings is 2. The molecule has 2 aromatic carbocycles. The molecule has 6 rings (SSSR count). The van der Waals surface area contributed by atoms with E-state index in [-0.39, 0.29) is 12.2 Å². The second kappa shape index (κ2) is 15.2. The van der Waals surface area contributed by atoms with Crippen LogP contribution in [-0.2, 0) is 19.7 Å². The summed E-state index contributed by atoms with van der Waals surface area (Å²) in [6.45, 7) is 3.97. The van der Waals surface area contributed by atoms with Crippen molar-refractivity contribution in [3.05, 3.63) is 130 Å². The number of nitrogens with zero attached hydrogens (tertiary/aromatic N) is 2. The molecule has 0 radical (unpaired) electrons. The van der Waals surface area contributed by atoms with E-state index < -0.39 is 19.7 Å². The van der Waals surface area contributed by atoms with Crippen molar-refractivity contribution >= 4 is 42.3 Å². The second-order valence-electron chi connectivity index (χ2n) is 10.9. The van der Waals surface area contributed by atoms with Crippen LogP contribution >= 0.6 is 22.7 Å². The van der Waals surface area contributed by atoms with Gasteiger partial charge in [-0.15, -0.1) is 22.7 Å². The molecule has 0 aliphatic carbocycles. The zero-order valence-electron chi connectivity index (χ0n) is 26.7. The highest BCUT2D eigenvalue weighted by atomic mass is 32.2. The van der Waals surface area contributed by atoms with Crippen molar-refractivity contribution in [3.8, 4) is 34.3 Å². The highest BCUT2D eigenvalue weighted by Crippen LogP contribution is 2.28. The zero-order valence-corrected chi connectivity index (χ0v) is 29.9. The molecule has 0 saturated heterocycles. The van der Waals surface area contributed by atoms with Crippen LogP contribution in [0.3, 0.4) is 0 Å². The molecule has 0 aliphatic rings. The van der Waals surface area contributed by atoms with Gasteiger partial charge in [-0.05, 0) is 73.1 Å². The van der Waals surface area contributed by atoms with E-state index in [9.17, 15) is 16.8 Å². The molecule has 12 heteroatoms. The molecule has 48 heavy (non-hydrogen) atoms. The fourth-order valence-electron chi connectivity index (χ4n) is 4.55. The summed E-state index contributed by atoms with van der Waals surface area (Å²) in [5, 5.41) is 4.03. The average Bonchev–Trinajstić information content (AvgIpc) is 3.81. The van der Waals surface area contributed by atoms with Crippen molar-refractivity contribution in [2.45, 2.75) is 35.8 Å². The summed E-state index contributed by atoms with van der Waals surface area (Å²) in [4.78, 5) is 11.9. The van der Waals surface area contributed by atoms with E-state index in [1.165, 1.54) is 12.5 Å². The Hall–Kier alpha value is -4.36. The molecule has 0 unspecified atom stereocenters. The molecule has 248 valence electrons. The fraction of sp³-hybridized carbons (Fsp3) is 0.167. The molecule has 0 saturated carbocycles. The summed E-state index contributed by atoms with van der Waals surface area (Å²) in [7, 11) is -6.39. The molecule has 0 bridgehead atoms. The van der Waals surface area contributed by atoms with Gasteiger partial charge in [-0.1, -0.05) is 48.5 Å². The molecular weight excluding hydrogens is 685 g/mol. The van der Waals surface area contributed by atoms with Crippen LogP contribution in [0, 0.1) is 0 Å². The number of hydrogen-bond donors (Lipinski definition) is 0. The molecular formula is C36H34N2O6S4. The third-order valence-electron chi connectivity index (χ3n) is 7.09. The van der Waals surface area contributed by atoms with Crippen LogP contribution < -0.4 is 9.47 Å². The van der Waals surface area contributed by atoms with Crippen molar-refractivity contribution < 1.29 is 26.3 Å². The summed E-state index contributed by atoms with van der Waals surface area (Å²) in [6, 6.07) is 32.6. The van der Waals surface area contributed by atoms with E-state index in [0.29, 0.717) is 21.6 Å². The number of rotatable bonds is 10. The van der Waals surface area contributed by atoms with Crippen molar-refractivity contribution in [1.82, 2.24) is 9.97 Å². The Balaban J connectivity index is 0.000000188. The van der Waals surface area contributed by atoms with Crippen LogP contribution in [0.4, 0.5) is 0 Å². The van der Waals surface area contributed by atoms with Crippen molar-refractivity contribution in [2.24, 2.45) is 0 Å². The minimum Gasteiger partial charge on any atom is -0.469 e. The molecule has 0 aliphatic heterocycles.